The molecular weight excluding hydrogens is 410 g/mol. The number of Topliss-reactive ketones (excluding diaryl/α,β-unsaturated/α-hetero) is 1. The van der Waals surface area contributed by atoms with Gasteiger partial charge in [0.25, 0.3) is 0 Å². The van der Waals surface area contributed by atoms with Crippen LogP contribution in [0.2, 0.25) is 0 Å². The number of methoxy groups -OCH3 is 1. The van der Waals surface area contributed by atoms with Gasteiger partial charge in [0, 0.05) is 5.56 Å². The van der Waals surface area contributed by atoms with Gasteiger partial charge >= 0.3 is 5.97 Å². The Kier molecular flexibility index (Phi) is 5.90. The number of carbonyl (C=O) groups is 4. The van der Waals surface area contributed by atoms with Gasteiger partial charge in [-0.2, -0.15) is 0 Å². The van der Waals surface area contributed by atoms with Crippen molar-refractivity contribution < 1.29 is 28.7 Å². The van der Waals surface area contributed by atoms with Crippen molar-refractivity contribution in [3.05, 3.63) is 71.8 Å². The van der Waals surface area contributed by atoms with Crippen molar-refractivity contribution in [2.45, 2.75) is 13.3 Å². The van der Waals surface area contributed by atoms with Crippen LogP contribution in [0.1, 0.15) is 34.1 Å². The van der Waals surface area contributed by atoms with E-state index in [1.54, 1.807) is 36.4 Å². The number of benzene rings is 2. The Morgan fingerprint density at radius 3 is 2.47 bits per heavy atom. The van der Waals surface area contributed by atoms with Gasteiger partial charge in [-0.1, -0.05) is 25.1 Å². The number of hydrogen-bond acceptors (Lipinski definition) is 6. The van der Waals surface area contributed by atoms with Gasteiger partial charge in [0.05, 0.1) is 30.2 Å². The van der Waals surface area contributed by atoms with Crippen LogP contribution in [0.4, 0.5) is 5.69 Å². The standard InChI is InChI=1S/C25H23NO6/c1-15-5-3-8-20-22(15)24(29)26(23(20)28)18-7-4-6-17(13-18)25(30)32-14-21(27)16-9-11-19(31-2)12-10-16/h3-7,9-13,15,20,22H,8,14H2,1-2H3/t15-,20-,22+/m0/s1. The molecule has 1 saturated heterocycles. The minimum absolute atomic E-state index is 0.0210. The van der Waals surface area contributed by atoms with Crippen molar-refractivity contribution in [2.24, 2.45) is 17.8 Å². The molecule has 2 aliphatic rings. The Morgan fingerprint density at radius 1 is 1.03 bits per heavy atom. The summed E-state index contributed by atoms with van der Waals surface area (Å²) in [6, 6.07) is 12.7. The third kappa shape index (κ3) is 3.93. The van der Waals surface area contributed by atoms with E-state index in [1.165, 1.54) is 19.2 Å². The largest absolute Gasteiger partial charge is 0.497 e. The van der Waals surface area contributed by atoms with Crippen LogP contribution < -0.4 is 9.64 Å². The molecule has 1 heterocycles. The predicted octanol–water partition coefficient (Wildman–Crippen LogP) is 3.44. The van der Waals surface area contributed by atoms with Crippen molar-refractivity contribution in [1.29, 1.82) is 0 Å². The molecule has 0 unspecified atom stereocenters. The molecule has 164 valence electrons. The highest BCUT2D eigenvalue weighted by Gasteiger charge is 2.50. The van der Waals surface area contributed by atoms with E-state index in [0.717, 1.165) is 4.90 Å². The summed E-state index contributed by atoms with van der Waals surface area (Å²) in [5.41, 5.74) is 0.884. The lowest BCUT2D eigenvalue weighted by Gasteiger charge is -2.22. The van der Waals surface area contributed by atoms with Gasteiger partial charge in [-0.15, -0.1) is 0 Å². The number of carbonyl (C=O) groups excluding carboxylic acids is 4. The number of nitrogens with zero attached hydrogens (tertiary/aromatic N) is 1. The fraction of sp³-hybridized carbons (Fsp3) is 0.280. The first-order valence-corrected chi connectivity index (χ1v) is 10.4. The maximum Gasteiger partial charge on any atom is 0.338 e. The maximum atomic E-state index is 13.0. The molecule has 0 radical (unpaired) electrons. The zero-order valence-electron chi connectivity index (χ0n) is 17.8. The van der Waals surface area contributed by atoms with Crippen LogP contribution in [0.25, 0.3) is 0 Å². The van der Waals surface area contributed by atoms with Gasteiger partial charge in [-0.3, -0.25) is 19.3 Å². The number of esters is 1. The Hall–Kier alpha value is -3.74. The van der Waals surface area contributed by atoms with Crippen LogP contribution in [0, 0.1) is 17.8 Å². The van der Waals surface area contributed by atoms with E-state index in [-0.39, 0.29) is 40.9 Å². The van der Waals surface area contributed by atoms with Crippen molar-refractivity contribution >= 4 is 29.3 Å². The first-order valence-electron chi connectivity index (χ1n) is 10.4. The Bertz CT molecular complexity index is 1100. The molecule has 0 aromatic heterocycles. The minimum atomic E-state index is -0.708. The molecule has 0 N–H and O–H groups in total. The summed E-state index contributed by atoms with van der Waals surface area (Å²) in [4.78, 5) is 51.8. The van der Waals surface area contributed by atoms with E-state index >= 15 is 0 Å². The monoisotopic (exact) mass is 433 g/mol. The molecule has 0 bridgehead atoms. The molecule has 1 aliphatic heterocycles. The highest BCUT2D eigenvalue weighted by atomic mass is 16.5. The minimum Gasteiger partial charge on any atom is -0.497 e. The molecule has 32 heavy (non-hydrogen) atoms. The first-order chi connectivity index (χ1) is 15.4. The van der Waals surface area contributed by atoms with Crippen LogP contribution in [0.3, 0.4) is 0 Å². The van der Waals surface area contributed by atoms with Crippen molar-refractivity contribution in [1.82, 2.24) is 0 Å². The number of allylic oxidation sites excluding steroid dienone is 2. The Balaban J connectivity index is 1.45. The molecule has 2 aromatic carbocycles. The second kappa shape index (κ2) is 8.78. The maximum absolute atomic E-state index is 13.0. The lowest BCUT2D eigenvalue weighted by Crippen LogP contribution is -2.31. The lowest BCUT2D eigenvalue weighted by molar-refractivity contribution is -0.122. The Labute approximate surface area is 185 Å². The average molecular weight is 433 g/mol. The summed E-state index contributed by atoms with van der Waals surface area (Å²) in [5.74, 6) is -1.73. The van der Waals surface area contributed by atoms with Crippen LogP contribution in [0.15, 0.2) is 60.7 Å². The summed E-state index contributed by atoms with van der Waals surface area (Å²) < 4.78 is 10.2. The van der Waals surface area contributed by atoms with E-state index in [1.807, 2.05) is 19.1 Å². The zero-order valence-corrected chi connectivity index (χ0v) is 17.8. The third-order valence-corrected chi connectivity index (χ3v) is 5.96. The predicted molar refractivity (Wildman–Crippen MR) is 116 cm³/mol. The van der Waals surface area contributed by atoms with Crippen molar-refractivity contribution in [3.63, 3.8) is 0 Å². The average Bonchev–Trinajstić information content (AvgIpc) is 3.08. The van der Waals surface area contributed by atoms with Gasteiger partial charge in [0.15, 0.2) is 12.4 Å². The topological polar surface area (TPSA) is 90.0 Å². The molecule has 1 fully saturated rings. The molecule has 7 nitrogen and oxygen atoms in total. The number of fused-ring (bicyclic) bond motifs is 1. The van der Waals surface area contributed by atoms with E-state index in [4.69, 9.17) is 9.47 Å². The van der Waals surface area contributed by atoms with Gasteiger partial charge in [-0.25, -0.2) is 4.79 Å². The number of ether oxygens (including phenoxy) is 2. The smallest absolute Gasteiger partial charge is 0.338 e. The van der Waals surface area contributed by atoms with Crippen molar-refractivity contribution in [3.8, 4) is 5.75 Å². The molecule has 3 atom stereocenters. The summed E-state index contributed by atoms with van der Waals surface area (Å²) in [5, 5.41) is 0. The van der Waals surface area contributed by atoms with Gasteiger partial charge in [0.2, 0.25) is 11.8 Å². The fourth-order valence-corrected chi connectivity index (χ4v) is 4.25. The second-order valence-corrected chi connectivity index (χ2v) is 7.95. The summed E-state index contributed by atoms with van der Waals surface area (Å²) in [7, 11) is 1.53. The van der Waals surface area contributed by atoms with Crippen LogP contribution in [-0.2, 0) is 14.3 Å². The van der Waals surface area contributed by atoms with E-state index in [9.17, 15) is 19.2 Å². The molecule has 2 aromatic rings. The molecular formula is C25H23NO6. The Morgan fingerprint density at radius 2 is 1.78 bits per heavy atom. The summed E-state index contributed by atoms with van der Waals surface area (Å²) in [6.45, 7) is 1.50. The summed E-state index contributed by atoms with van der Waals surface area (Å²) >= 11 is 0. The molecule has 7 heteroatoms. The van der Waals surface area contributed by atoms with E-state index < -0.39 is 12.6 Å². The SMILES string of the molecule is COc1ccc(C(=O)COC(=O)c2cccc(N3C(=O)[C@H]4[C@H](CC=C[C@@H]4C)C3=O)c2)cc1. The number of anilines is 1. The van der Waals surface area contributed by atoms with Gasteiger partial charge in [-0.05, 0) is 54.8 Å². The second-order valence-electron chi connectivity index (χ2n) is 7.95. The molecule has 4 rings (SSSR count). The van der Waals surface area contributed by atoms with E-state index in [2.05, 4.69) is 0 Å². The first kappa shape index (κ1) is 21.5. The van der Waals surface area contributed by atoms with Crippen LogP contribution >= 0.6 is 0 Å². The molecule has 0 spiro atoms. The van der Waals surface area contributed by atoms with Gasteiger partial charge in [0.1, 0.15) is 5.75 Å². The number of amides is 2. The summed E-state index contributed by atoms with van der Waals surface area (Å²) in [6.07, 6.45) is 4.43. The highest BCUT2D eigenvalue weighted by Crippen LogP contribution is 2.40. The van der Waals surface area contributed by atoms with Crippen LogP contribution in [0.5, 0.6) is 5.75 Å². The van der Waals surface area contributed by atoms with Crippen LogP contribution in [-0.4, -0.2) is 37.3 Å². The number of hydrogen-bond donors (Lipinski definition) is 0. The number of rotatable bonds is 6. The number of ketones is 1. The highest BCUT2D eigenvalue weighted by molar-refractivity contribution is 6.22. The fourth-order valence-electron chi connectivity index (χ4n) is 4.25. The van der Waals surface area contributed by atoms with E-state index in [0.29, 0.717) is 23.4 Å². The molecule has 0 saturated carbocycles. The van der Waals surface area contributed by atoms with Gasteiger partial charge < -0.3 is 9.47 Å². The number of imide groups is 1. The molecule has 2 amide bonds. The third-order valence-electron chi connectivity index (χ3n) is 5.96. The zero-order chi connectivity index (χ0) is 22.8. The molecule has 1 aliphatic carbocycles. The normalized spacial score (nSPS) is 21.9. The van der Waals surface area contributed by atoms with Crippen molar-refractivity contribution in [2.75, 3.05) is 18.6 Å². The quantitative estimate of drug-likeness (QED) is 0.300. The lowest BCUT2D eigenvalue weighted by atomic mass is 9.78.